The number of likely N-dealkylation sites (tertiary alicyclic amines) is 2. The summed E-state index contributed by atoms with van der Waals surface area (Å²) in [7, 11) is 0. The lowest BCUT2D eigenvalue weighted by Gasteiger charge is -2.30. The summed E-state index contributed by atoms with van der Waals surface area (Å²) in [6, 6.07) is 1.44. The molecule has 4 saturated heterocycles. The van der Waals surface area contributed by atoms with Crippen molar-refractivity contribution in [2.24, 2.45) is 0 Å². The van der Waals surface area contributed by atoms with Gasteiger partial charge in [-0.1, -0.05) is 0 Å². The molecule has 0 aromatic carbocycles. The van der Waals surface area contributed by atoms with Crippen LogP contribution in [0.2, 0.25) is 0 Å². The molecule has 4 aliphatic heterocycles. The summed E-state index contributed by atoms with van der Waals surface area (Å²) < 4.78 is 13.0. The van der Waals surface area contributed by atoms with Crippen molar-refractivity contribution >= 4 is 0 Å². The highest BCUT2D eigenvalue weighted by Gasteiger charge is 2.23. The summed E-state index contributed by atoms with van der Waals surface area (Å²) in [6.07, 6.45) is 9.43. The Morgan fingerprint density at radius 1 is 0.708 bits per heavy atom. The van der Waals surface area contributed by atoms with Crippen LogP contribution in [0.5, 0.6) is 0 Å². The van der Waals surface area contributed by atoms with Crippen LogP contribution in [0.25, 0.3) is 0 Å². The second-order valence-corrected chi connectivity index (χ2v) is 8.09. The van der Waals surface area contributed by atoms with Crippen LogP contribution in [-0.4, -0.2) is 80.4 Å². The molecule has 4 fully saturated rings. The lowest BCUT2D eigenvalue weighted by atomic mass is 10.1. The van der Waals surface area contributed by atoms with Gasteiger partial charge in [-0.3, -0.25) is 4.90 Å². The van der Waals surface area contributed by atoms with E-state index < -0.39 is 6.17 Å². The van der Waals surface area contributed by atoms with Crippen molar-refractivity contribution in [2.45, 2.75) is 69.6 Å². The van der Waals surface area contributed by atoms with Crippen molar-refractivity contribution < 1.29 is 4.39 Å². The molecule has 0 spiro atoms. The maximum Gasteiger partial charge on any atom is 0.113 e. The summed E-state index contributed by atoms with van der Waals surface area (Å²) in [6.45, 7) is 9.21. The first-order chi connectivity index (χ1) is 11.8. The Labute approximate surface area is 147 Å². The first kappa shape index (κ1) is 18.6. The van der Waals surface area contributed by atoms with Crippen molar-refractivity contribution in [3.05, 3.63) is 0 Å². The van der Waals surface area contributed by atoms with Crippen LogP contribution in [0.4, 0.5) is 4.39 Å². The molecule has 5 heteroatoms. The van der Waals surface area contributed by atoms with E-state index in [0.29, 0.717) is 12.6 Å². The molecule has 4 rings (SSSR count). The van der Waals surface area contributed by atoms with E-state index in [1.165, 1.54) is 64.7 Å². The van der Waals surface area contributed by atoms with Gasteiger partial charge in [-0.25, -0.2) is 4.39 Å². The van der Waals surface area contributed by atoms with Gasteiger partial charge in [-0.2, -0.15) is 0 Å². The van der Waals surface area contributed by atoms with Gasteiger partial charge >= 0.3 is 0 Å². The van der Waals surface area contributed by atoms with Gasteiger partial charge in [0.2, 0.25) is 0 Å². The zero-order valence-electron chi connectivity index (χ0n) is 15.3. The van der Waals surface area contributed by atoms with Crippen molar-refractivity contribution in [3.63, 3.8) is 0 Å². The zero-order valence-corrected chi connectivity index (χ0v) is 15.3. The maximum absolute atomic E-state index is 13.0. The van der Waals surface area contributed by atoms with E-state index in [2.05, 4.69) is 20.4 Å². The van der Waals surface area contributed by atoms with Crippen LogP contribution in [0.1, 0.15) is 51.4 Å². The van der Waals surface area contributed by atoms with Crippen LogP contribution in [0, 0.1) is 0 Å². The molecule has 2 N–H and O–H groups in total. The number of rotatable bonds is 4. The highest BCUT2D eigenvalue weighted by Crippen LogP contribution is 2.15. The van der Waals surface area contributed by atoms with E-state index in [4.69, 9.17) is 0 Å². The molecule has 4 heterocycles. The highest BCUT2D eigenvalue weighted by atomic mass is 19.1. The molecule has 0 saturated carbocycles. The van der Waals surface area contributed by atoms with Crippen molar-refractivity contribution in [3.8, 4) is 0 Å². The molecule has 3 atom stereocenters. The minimum Gasteiger partial charge on any atom is -0.313 e. The monoisotopic (exact) mass is 340 g/mol. The minimum atomic E-state index is -0.574. The molecule has 0 aromatic rings. The Balaban J connectivity index is 0.000000143. The van der Waals surface area contributed by atoms with Gasteiger partial charge in [0.05, 0.1) is 0 Å². The minimum absolute atomic E-state index is 0.574. The van der Waals surface area contributed by atoms with Gasteiger partial charge in [0.1, 0.15) is 6.17 Å². The molecule has 0 radical (unpaired) electrons. The topological polar surface area (TPSA) is 30.5 Å². The third-order valence-electron chi connectivity index (χ3n) is 5.93. The number of nitrogens with zero attached hydrogens (tertiary/aromatic N) is 2. The number of alkyl halides is 1. The number of hydrogen-bond acceptors (Lipinski definition) is 4. The van der Waals surface area contributed by atoms with Gasteiger partial charge in [0.15, 0.2) is 0 Å². The molecule has 0 amide bonds. The Morgan fingerprint density at radius 3 is 1.83 bits per heavy atom. The smallest absolute Gasteiger partial charge is 0.113 e. The first-order valence-corrected chi connectivity index (χ1v) is 10.3. The maximum atomic E-state index is 13.0. The van der Waals surface area contributed by atoms with E-state index in [0.717, 1.165) is 38.5 Å². The first-order valence-electron chi connectivity index (χ1n) is 10.3. The quantitative estimate of drug-likeness (QED) is 0.820. The molecule has 24 heavy (non-hydrogen) atoms. The second kappa shape index (κ2) is 10.0. The number of halogens is 1. The van der Waals surface area contributed by atoms with Gasteiger partial charge in [0, 0.05) is 31.7 Å². The van der Waals surface area contributed by atoms with Crippen LogP contribution >= 0.6 is 0 Å². The summed E-state index contributed by atoms with van der Waals surface area (Å²) in [5, 5.41) is 7.00. The molecular weight excluding hydrogens is 303 g/mol. The third kappa shape index (κ3) is 6.25. The van der Waals surface area contributed by atoms with Crippen molar-refractivity contribution in [1.82, 2.24) is 20.4 Å². The molecular formula is C19H37FN4. The van der Waals surface area contributed by atoms with Crippen LogP contribution in [-0.2, 0) is 0 Å². The highest BCUT2D eigenvalue weighted by molar-refractivity contribution is 4.81. The fourth-order valence-corrected chi connectivity index (χ4v) is 4.58. The van der Waals surface area contributed by atoms with Gasteiger partial charge in [0.25, 0.3) is 0 Å². The molecule has 0 bridgehead atoms. The molecule has 0 aromatic heterocycles. The average Bonchev–Trinajstić information content (AvgIpc) is 3.31. The van der Waals surface area contributed by atoms with E-state index in [1.54, 1.807) is 0 Å². The van der Waals surface area contributed by atoms with E-state index in [9.17, 15) is 4.39 Å². The number of piperidine rings is 1. The van der Waals surface area contributed by atoms with Crippen molar-refractivity contribution in [2.75, 3.05) is 52.4 Å². The predicted octanol–water partition coefficient (Wildman–Crippen LogP) is 2.01. The average molecular weight is 341 g/mol. The van der Waals surface area contributed by atoms with Gasteiger partial charge in [-0.15, -0.1) is 0 Å². The van der Waals surface area contributed by atoms with Gasteiger partial charge in [-0.05, 0) is 84.1 Å². The van der Waals surface area contributed by atoms with Crippen molar-refractivity contribution in [1.29, 1.82) is 0 Å². The van der Waals surface area contributed by atoms with E-state index >= 15 is 0 Å². The fourth-order valence-electron chi connectivity index (χ4n) is 4.58. The van der Waals surface area contributed by atoms with Crippen LogP contribution in [0.3, 0.4) is 0 Å². The summed E-state index contributed by atoms with van der Waals surface area (Å²) in [5.41, 5.74) is 0. The lowest BCUT2D eigenvalue weighted by molar-refractivity contribution is 0.130. The largest absolute Gasteiger partial charge is 0.313 e. The van der Waals surface area contributed by atoms with E-state index in [-0.39, 0.29) is 0 Å². The molecule has 4 aliphatic rings. The van der Waals surface area contributed by atoms with Gasteiger partial charge < -0.3 is 15.5 Å². The zero-order chi connectivity index (χ0) is 16.6. The second-order valence-electron chi connectivity index (χ2n) is 8.09. The van der Waals surface area contributed by atoms with E-state index in [1.807, 2.05) is 0 Å². The predicted molar refractivity (Wildman–Crippen MR) is 98.3 cm³/mol. The number of nitrogens with one attached hydrogen (secondary N) is 2. The fraction of sp³-hybridized carbons (Fsp3) is 1.00. The van der Waals surface area contributed by atoms with Crippen LogP contribution < -0.4 is 10.6 Å². The Bertz CT molecular complexity index is 322. The normalized spacial score (nSPS) is 35.1. The summed E-state index contributed by atoms with van der Waals surface area (Å²) in [5.74, 6) is 0. The Hall–Kier alpha value is -0.230. The summed E-state index contributed by atoms with van der Waals surface area (Å²) >= 11 is 0. The Morgan fingerprint density at radius 2 is 1.29 bits per heavy atom. The third-order valence-corrected chi connectivity index (χ3v) is 5.93. The van der Waals surface area contributed by atoms with Crippen LogP contribution in [0.15, 0.2) is 0 Å². The molecule has 4 nitrogen and oxygen atoms in total. The Kier molecular flexibility index (Phi) is 7.77. The SMILES string of the molecule is C1CN[C@@H](CN2CCCC2)C1.FC1CCCN(C[C@@H]2CCCN2)C1. The molecule has 1 unspecified atom stereocenters. The lowest BCUT2D eigenvalue weighted by Crippen LogP contribution is -2.43. The summed E-state index contributed by atoms with van der Waals surface area (Å²) in [4.78, 5) is 4.88. The molecule has 140 valence electrons. The number of hydrogen-bond donors (Lipinski definition) is 2. The molecule has 0 aliphatic carbocycles. The standard InChI is InChI=1S/C10H19FN2.C9H18N2/c11-9-3-2-6-13(7-9)8-10-4-1-5-12-10;1-2-7-11(6-1)8-9-4-3-5-10-9/h9-10,12H,1-8H2;9-10H,1-8H2/t9?,10-;9-/m01/s1.